The van der Waals surface area contributed by atoms with E-state index in [4.69, 9.17) is 0 Å². The van der Waals surface area contributed by atoms with Crippen LogP contribution in [0.1, 0.15) is 13.8 Å². The zero-order valence-electron chi connectivity index (χ0n) is 10.1. The fourth-order valence-electron chi connectivity index (χ4n) is 1.90. The molecule has 0 fully saturated rings. The molecule has 0 N–H and O–H groups in total. The number of rotatable bonds is 3. The van der Waals surface area contributed by atoms with Gasteiger partial charge in [0, 0.05) is 0 Å². The van der Waals surface area contributed by atoms with E-state index in [0.717, 1.165) is 10.8 Å². The van der Waals surface area contributed by atoms with Gasteiger partial charge in [-0.2, -0.15) is 0 Å². The Bertz CT molecular complexity index is 627. The second-order valence-corrected chi connectivity index (χ2v) is 6.72. The van der Waals surface area contributed by atoms with Crippen LogP contribution >= 0.6 is 0 Å². The van der Waals surface area contributed by atoms with E-state index in [1.807, 2.05) is 44.2 Å². The van der Waals surface area contributed by atoms with E-state index in [9.17, 15) is 8.42 Å². The van der Waals surface area contributed by atoms with Crippen molar-refractivity contribution in [3.63, 3.8) is 0 Å². The SMILES string of the molecule is CC(C)CS(=O)(=O)c1ccc2ccccc2c1. The largest absolute Gasteiger partial charge is 0.224 e. The summed E-state index contributed by atoms with van der Waals surface area (Å²) >= 11 is 0. The monoisotopic (exact) mass is 248 g/mol. The summed E-state index contributed by atoms with van der Waals surface area (Å²) in [5, 5.41) is 2.04. The van der Waals surface area contributed by atoms with Crippen LogP contribution in [0.4, 0.5) is 0 Å². The molecule has 90 valence electrons. The van der Waals surface area contributed by atoms with Crippen LogP contribution in [0.3, 0.4) is 0 Å². The third kappa shape index (κ3) is 2.67. The molecule has 0 saturated heterocycles. The predicted molar refractivity (Wildman–Crippen MR) is 70.8 cm³/mol. The van der Waals surface area contributed by atoms with Gasteiger partial charge in [-0.05, 0) is 28.8 Å². The summed E-state index contributed by atoms with van der Waals surface area (Å²) < 4.78 is 24.2. The Morgan fingerprint density at radius 1 is 1.00 bits per heavy atom. The van der Waals surface area contributed by atoms with Crippen molar-refractivity contribution < 1.29 is 8.42 Å². The number of sulfone groups is 1. The first-order valence-electron chi connectivity index (χ1n) is 5.70. The highest BCUT2D eigenvalue weighted by molar-refractivity contribution is 7.91. The lowest BCUT2D eigenvalue weighted by Gasteiger charge is -2.08. The van der Waals surface area contributed by atoms with Crippen LogP contribution in [-0.2, 0) is 9.84 Å². The fourth-order valence-corrected chi connectivity index (χ4v) is 3.55. The van der Waals surface area contributed by atoms with Crippen LogP contribution in [0.25, 0.3) is 10.8 Å². The lowest BCUT2D eigenvalue weighted by Crippen LogP contribution is -2.11. The molecule has 2 nitrogen and oxygen atoms in total. The summed E-state index contributed by atoms with van der Waals surface area (Å²) in [4.78, 5) is 0.421. The van der Waals surface area contributed by atoms with Gasteiger partial charge in [0.2, 0.25) is 0 Å². The lowest BCUT2D eigenvalue weighted by atomic mass is 10.1. The summed E-state index contributed by atoms with van der Waals surface area (Å²) in [5.74, 6) is 0.345. The van der Waals surface area contributed by atoms with Gasteiger partial charge in [-0.1, -0.05) is 44.2 Å². The second-order valence-electron chi connectivity index (χ2n) is 4.68. The van der Waals surface area contributed by atoms with Crippen molar-refractivity contribution in [2.24, 2.45) is 5.92 Å². The van der Waals surface area contributed by atoms with Crippen molar-refractivity contribution in [2.75, 3.05) is 5.75 Å². The highest BCUT2D eigenvalue weighted by Gasteiger charge is 2.16. The quantitative estimate of drug-likeness (QED) is 0.835. The van der Waals surface area contributed by atoms with Crippen molar-refractivity contribution in [3.8, 4) is 0 Å². The third-order valence-electron chi connectivity index (χ3n) is 2.63. The van der Waals surface area contributed by atoms with Crippen LogP contribution in [0.15, 0.2) is 47.4 Å². The molecule has 3 heteroatoms. The van der Waals surface area contributed by atoms with Crippen molar-refractivity contribution in [1.29, 1.82) is 0 Å². The van der Waals surface area contributed by atoms with Crippen molar-refractivity contribution in [3.05, 3.63) is 42.5 Å². The molecule has 2 rings (SSSR count). The molecular formula is C14H16O2S. The lowest BCUT2D eigenvalue weighted by molar-refractivity contribution is 0.582. The number of benzene rings is 2. The van der Waals surface area contributed by atoms with Gasteiger partial charge in [-0.3, -0.25) is 0 Å². The first kappa shape index (κ1) is 12.1. The smallest absolute Gasteiger partial charge is 0.178 e. The normalized spacial score (nSPS) is 12.2. The molecule has 0 heterocycles. The average molecular weight is 248 g/mol. The highest BCUT2D eigenvalue weighted by Crippen LogP contribution is 2.20. The Morgan fingerprint density at radius 3 is 2.29 bits per heavy atom. The molecule has 0 bridgehead atoms. The molecule has 0 amide bonds. The van der Waals surface area contributed by atoms with E-state index in [0.29, 0.717) is 4.90 Å². The minimum atomic E-state index is -3.15. The van der Waals surface area contributed by atoms with Crippen LogP contribution in [0.5, 0.6) is 0 Å². The molecule has 2 aromatic carbocycles. The minimum absolute atomic E-state index is 0.145. The summed E-state index contributed by atoms with van der Waals surface area (Å²) in [6, 6.07) is 13.1. The summed E-state index contributed by atoms with van der Waals surface area (Å²) in [7, 11) is -3.15. The van der Waals surface area contributed by atoms with Gasteiger partial charge >= 0.3 is 0 Å². The molecule has 0 radical (unpaired) electrons. The first-order valence-corrected chi connectivity index (χ1v) is 7.36. The van der Waals surface area contributed by atoms with E-state index >= 15 is 0 Å². The molecule has 0 atom stereocenters. The zero-order chi connectivity index (χ0) is 12.5. The Balaban J connectivity index is 2.50. The second kappa shape index (κ2) is 4.49. The van der Waals surface area contributed by atoms with Crippen molar-refractivity contribution in [1.82, 2.24) is 0 Å². The highest BCUT2D eigenvalue weighted by atomic mass is 32.2. The van der Waals surface area contributed by atoms with E-state index in [2.05, 4.69) is 0 Å². The minimum Gasteiger partial charge on any atom is -0.224 e. The number of hydrogen-bond donors (Lipinski definition) is 0. The Kier molecular flexibility index (Phi) is 3.20. The Morgan fingerprint density at radius 2 is 1.65 bits per heavy atom. The van der Waals surface area contributed by atoms with Crippen LogP contribution in [0.2, 0.25) is 0 Å². The maximum Gasteiger partial charge on any atom is 0.178 e. The maximum absolute atomic E-state index is 12.1. The first-order chi connectivity index (χ1) is 7.99. The average Bonchev–Trinajstić information content (AvgIpc) is 2.26. The van der Waals surface area contributed by atoms with Gasteiger partial charge in [-0.15, -0.1) is 0 Å². The Labute approximate surface area is 102 Å². The third-order valence-corrected chi connectivity index (χ3v) is 4.71. The van der Waals surface area contributed by atoms with Crippen molar-refractivity contribution >= 4 is 20.6 Å². The van der Waals surface area contributed by atoms with Gasteiger partial charge in [-0.25, -0.2) is 8.42 Å². The zero-order valence-corrected chi connectivity index (χ0v) is 10.9. The van der Waals surface area contributed by atoms with Gasteiger partial charge in [0.05, 0.1) is 10.6 Å². The van der Waals surface area contributed by atoms with Crippen LogP contribution in [-0.4, -0.2) is 14.2 Å². The number of fused-ring (bicyclic) bond motifs is 1. The number of hydrogen-bond acceptors (Lipinski definition) is 2. The summed E-state index contributed by atoms with van der Waals surface area (Å²) in [5.41, 5.74) is 0. The molecule has 0 aromatic heterocycles. The molecule has 17 heavy (non-hydrogen) atoms. The molecule has 0 aliphatic rings. The topological polar surface area (TPSA) is 34.1 Å². The van der Waals surface area contributed by atoms with E-state index in [-0.39, 0.29) is 11.7 Å². The van der Waals surface area contributed by atoms with Gasteiger partial charge < -0.3 is 0 Å². The predicted octanol–water partition coefficient (Wildman–Crippen LogP) is 3.27. The van der Waals surface area contributed by atoms with E-state index in [1.54, 1.807) is 12.1 Å². The van der Waals surface area contributed by atoms with Gasteiger partial charge in [0.25, 0.3) is 0 Å². The standard InChI is InChI=1S/C14H16O2S/c1-11(2)10-17(15,16)14-8-7-12-5-3-4-6-13(12)9-14/h3-9,11H,10H2,1-2H3. The van der Waals surface area contributed by atoms with E-state index in [1.165, 1.54) is 0 Å². The maximum atomic E-state index is 12.1. The summed E-state index contributed by atoms with van der Waals surface area (Å²) in [6.45, 7) is 3.83. The van der Waals surface area contributed by atoms with Crippen molar-refractivity contribution in [2.45, 2.75) is 18.7 Å². The molecule has 0 spiro atoms. The van der Waals surface area contributed by atoms with Gasteiger partial charge in [0.15, 0.2) is 9.84 Å². The fraction of sp³-hybridized carbons (Fsp3) is 0.286. The van der Waals surface area contributed by atoms with Crippen LogP contribution < -0.4 is 0 Å². The molecule has 2 aromatic rings. The molecule has 0 aliphatic heterocycles. The summed E-state index contributed by atoms with van der Waals surface area (Å²) in [6.07, 6.45) is 0. The van der Waals surface area contributed by atoms with Crippen LogP contribution in [0, 0.1) is 5.92 Å². The Hall–Kier alpha value is -1.35. The van der Waals surface area contributed by atoms with E-state index < -0.39 is 9.84 Å². The van der Waals surface area contributed by atoms with Gasteiger partial charge in [0.1, 0.15) is 0 Å². The molecule has 0 aliphatic carbocycles. The molecule has 0 saturated carbocycles. The molecular weight excluding hydrogens is 232 g/mol. The molecule has 0 unspecified atom stereocenters.